The third-order valence-corrected chi connectivity index (χ3v) is 4.83. The highest BCUT2D eigenvalue weighted by Gasteiger charge is 2.15. The van der Waals surface area contributed by atoms with Crippen molar-refractivity contribution in [2.45, 2.75) is 39.0 Å². The van der Waals surface area contributed by atoms with Crippen molar-refractivity contribution in [3.63, 3.8) is 0 Å². The molecule has 2 aromatic rings. The van der Waals surface area contributed by atoms with E-state index in [0.29, 0.717) is 17.8 Å². The van der Waals surface area contributed by atoms with Gasteiger partial charge in [0.15, 0.2) is 0 Å². The average molecular weight is 346 g/mol. The van der Waals surface area contributed by atoms with Gasteiger partial charge in [-0.15, -0.1) is 11.3 Å². The minimum Gasteiger partial charge on any atom is -0.481 e. The fourth-order valence-electron chi connectivity index (χ4n) is 2.35. The maximum Gasteiger partial charge on any atom is 0.303 e. The van der Waals surface area contributed by atoms with Crippen molar-refractivity contribution >= 4 is 23.2 Å². The van der Waals surface area contributed by atoms with E-state index >= 15 is 0 Å². The molecule has 1 amide bonds. The summed E-state index contributed by atoms with van der Waals surface area (Å²) in [6.07, 6.45) is 3.56. The summed E-state index contributed by atoms with van der Waals surface area (Å²) in [5, 5.41) is 12.3. The van der Waals surface area contributed by atoms with Gasteiger partial charge in [-0.05, 0) is 19.8 Å². The number of carbonyl (C=O) groups excluding carboxylic acids is 1. The van der Waals surface area contributed by atoms with Crippen LogP contribution < -0.4 is 5.32 Å². The van der Waals surface area contributed by atoms with Gasteiger partial charge >= 0.3 is 5.97 Å². The first-order chi connectivity index (χ1) is 11.6. The Morgan fingerprint density at radius 2 is 1.83 bits per heavy atom. The summed E-state index contributed by atoms with van der Waals surface area (Å²) in [6.45, 7) is 2.45. The largest absolute Gasteiger partial charge is 0.481 e. The first kappa shape index (κ1) is 18.1. The summed E-state index contributed by atoms with van der Waals surface area (Å²) in [6, 6.07) is 9.83. The van der Waals surface area contributed by atoms with Crippen molar-refractivity contribution in [1.82, 2.24) is 10.3 Å². The molecule has 6 heteroatoms. The second-order valence-corrected chi connectivity index (χ2v) is 6.61. The van der Waals surface area contributed by atoms with Gasteiger partial charge in [-0.1, -0.05) is 43.2 Å². The Kier molecular flexibility index (Phi) is 6.93. The highest BCUT2D eigenvalue weighted by Crippen LogP contribution is 2.27. The number of hydrogen-bond acceptors (Lipinski definition) is 4. The first-order valence-corrected chi connectivity index (χ1v) is 8.92. The third-order valence-electron chi connectivity index (χ3n) is 3.63. The molecule has 5 nitrogen and oxygen atoms in total. The summed E-state index contributed by atoms with van der Waals surface area (Å²) in [7, 11) is 0. The second-order valence-electron chi connectivity index (χ2n) is 5.61. The average Bonchev–Trinajstić information content (AvgIpc) is 2.96. The van der Waals surface area contributed by atoms with Gasteiger partial charge in [0.25, 0.3) is 5.91 Å². The van der Waals surface area contributed by atoms with Crippen LogP contribution in [-0.4, -0.2) is 28.5 Å². The molecule has 0 aliphatic rings. The van der Waals surface area contributed by atoms with Crippen molar-refractivity contribution in [3.8, 4) is 10.6 Å². The number of thiazole rings is 1. The topological polar surface area (TPSA) is 79.3 Å². The van der Waals surface area contributed by atoms with Crippen molar-refractivity contribution in [2.24, 2.45) is 0 Å². The standard InChI is InChI=1S/C18H22N2O3S/c1-13-16(24-18(20-13)14-9-5-4-6-10-14)17(23)19-12-8-3-2-7-11-15(21)22/h4-6,9-10H,2-3,7-8,11-12H2,1H3,(H,19,23)(H,21,22). The number of rotatable bonds is 9. The Morgan fingerprint density at radius 1 is 1.12 bits per heavy atom. The molecule has 24 heavy (non-hydrogen) atoms. The van der Waals surface area contributed by atoms with Crippen LogP contribution >= 0.6 is 11.3 Å². The molecule has 128 valence electrons. The second kappa shape index (κ2) is 9.17. The molecule has 2 rings (SSSR count). The van der Waals surface area contributed by atoms with E-state index in [9.17, 15) is 9.59 Å². The van der Waals surface area contributed by atoms with Crippen molar-refractivity contribution in [3.05, 3.63) is 40.9 Å². The normalized spacial score (nSPS) is 10.5. The van der Waals surface area contributed by atoms with Crippen LogP contribution in [0.5, 0.6) is 0 Å². The molecule has 0 bridgehead atoms. The number of unbranched alkanes of at least 4 members (excludes halogenated alkanes) is 3. The van der Waals surface area contributed by atoms with Gasteiger partial charge < -0.3 is 10.4 Å². The quantitative estimate of drug-likeness (QED) is 0.675. The van der Waals surface area contributed by atoms with Crippen LogP contribution in [0.2, 0.25) is 0 Å². The predicted octanol–water partition coefficient (Wildman–Crippen LogP) is 3.88. The maximum atomic E-state index is 12.3. The van der Waals surface area contributed by atoms with E-state index < -0.39 is 5.97 Å². The fourth-order valence-corrected chi connectivity index (χ4v) is 3.34. The monoisotopic (exact) mass is 346 g/mol. The molecule has 0 unspecified atom stereocenters. The van der Waals surface area contributed by atoms with Gasteiger partial charge in [-0.2, -0.15) is 0 Å². The zero-order valence-electron chi connectivity index (χ0n) is 13.7. The zero-order valence-corrected chi connectivity index (χ0v) is 14.6. The number of hydrogen-bond donors (Lipinski definition) is 2. The number of carbonyl (C=O) groups is 2. The number of nitrogens with one attached hydrogen (secondary N) is 1. The molecular formula is C18H22N2O3S. The lowest BCUT2D eigenvalue weighted by Crippen LogP contribution is -2.24. The van der Waals surface area contributed by atoms with E-state index in [1.54, 1.807) is 0 Å². The molecule has 0 atom stereocenters. The Balaban J connectivity index is 1.79. The molecule has 2 N–H and O–H groups in total. The van der Waals surface area contributed by atoms with E-state index in [-0.39, 0.29) is 12.3 Å². The highest BCUT2D eigenvalue weighted by molar-refractivity contribution is 7.17. The first-order valence-electron chi connectivity index (χ1n) is 8.11. The number of nitrogens with zero attached hydrogens (tertiary/aromatic N) is 1. The van der Waals surface area contributed by atoms with E-state index in [2.05, 4.69) is 10.3 Å². The molecule has 0 saturated carbocycles. The molecule has 0 radical (unpaired) electrons. The number of aryl methyl sites for hydroxylation is 1. The summed E-state index contributed by atoms with van der Waals surface area (Å²) < 4.78 is 0. The maximum absolute atomic E-state index is 12.3. The predicted molar refractivity (Wildman–Crippen MR) is 95.3 cm³/mol. The fraction of sp³-hybridized carbons (Fsp3) is 0.389. The number of aliphatic carboxylic acids is 1. The number of amides is 1. The minimum atomic E-state index is -0.752. The molecule has 0 aliphatic heterocycles. The van der Waals surface area contributed by atoms with Crippen molar-refractivity contribution < 1.29 is 14.7 Å². The zero-order chi connectivity index (χ0) is 17.4. The van der Waals surface area contributed by atoms with Gasteiger partial charge in [0.05, 0.1) is 5.69 Å². The van der Waals surface area contributed by atoms with Crippen LogP contribution in [-0.2, 0) is 4.79 Å². The number of benzene rings is 1. The van der Waals surface area contributed by atoms with Gasteiger partial charge in [-0.3, -0.25) is 9.59 Å². The summed E-state index contributed by atoms with van der Waals surface area (Å²) in [5.41, 5.74) is 1.76. The minimum absolute atomic E-state index is 0.0854. The number of carboxylic acid groups (broad SMARTS) is 1. The number of carboxylic acids is 1. The SMILES string of the molecule is Cc1nc(-c2ccccc2)sc1C(=O)NCCCCCCC(=O)O. The van der Waals surface area contributed by atoms with E-state index in [1.807, 2.05) is 37.3 Å². The Hall–Kier alpha value is -2.21. The van der Waals surface area contributed by atoms with Gasteiger partial charge in [0.2, 0.25) is 0 Å². The van der Waals surface area contributed by atoms with Gasteiger partial charge in [0.1, 0.15) is 9.88 Å². The molecule has 1 heterocycles. The van der Waals surface area contributed by atoms with Crippen molar-refractivity contribution in [1.29, 1.82) is 0 Å². The lowest BCUT2D eigenvalue weighted by atomic mass is 10.1. The van der Waals surface area contributed by atoms with Crippen LogP contribution in [0.4, 0.5) is 0 Å². The van der Waals surface area contributed by atoms with Crippen LogP contribution in [0.1, 0.15) is 47.5 Å². The van der Waals surface area contributed by atoms with E-state index in [0.717, 1.165) is 35.5 Å². The summed E-state index contributed by atoms with van der Waals surface area (Å²) in [5.74, 6) is -0.837. The molecule has 1 aromatic heterocycles. The third kappa shape index (κ3) is 5.45. The van der Waals surface area contributed by atoms with Crippen LogP contribution in [0, 0.1) is 6.92 Å². The lowest BCUT2D eigenvalue weighted by molar-refractivity contribution is -0.137. The van der Waals surface area contributed by atoms with Crippen LogP contribution in [0.3, 0.4) is 0 Å². The summed E-state index contributed by atoms with van der Waals surface area (Å²) >= 11 is 1.41. The molecular weight excluding hydrogens is 324 g/mol. The Labute approximate surface area is 145 Å². The molecule has 0 saturated heterocycles. The van der Waals surface area contributed by atoms with Gasteiger partial charge in [0, 0.05) is 18.5 Å². The van der Waals surface area contributed by atoms with Crippen LogP contribution in [0.25, 0.3) is 10.6 Å². The van der Waals surface area contributed by atoms with Crippen molar-refractivity contribution in [2.75, 3.05) is 6.54 Å². The molecule has 1 aromatic carbocycles. The van der Waals surface area contributed by atoms with E-state index in [1.165, 1.54) is 11.3 Å². The molecule has 0 spiro atoms. The lowest BCUT2D eigenvalue weighted by Gasteiger charge is -2.03. The number of aromatic nitrogens is 1. The Morgan fingerprint density at radius 3 is 2.54 bits per heavy atom. The Bertz CT molecular complexity index is 683. The smallest absolute Gasteiger partial charge is 0.303 e. The molecule has 0 fully saturated rings. The van der Waals surface area contributed by atoms with Gasteiger partial charge in [-0.25, -0.2) is 4.98 Å². The van der Waals surface area contributed by atoms with E-state index in [4.69, 9.17) is 5.11 Å². The summed E-state index contributed by atoms with van der Waals surface area (Å²) in [4.78, 5) is 27.8. The highest BCUT2D eigenvalue weighted by atomic mass is 32.1. The molecule has 0 aliphatic carbocycles. The van der Waals surface area contributed by atoms with Crippen LogP contribution in [0.15, 0.2) is 30.3 Å².